The van der Waals surface area contributed by atoms with Crippen molar-refractivity contribution in [2.24, 2.45) is 0 Å². The lowest BCUT2D eigenvalue weighted by Crippen LogP contribution is -2.22. The van der Waals surface area contributed by atoms with Crippen molar-refractivity contribution in [2.75, 3.05) is 6.54 Å². The highest BCUT2D eigenvalue weighted by molar-refractivity contribution is 5.15. The summed E-state index contributed by atoms with van der Waals surface area (Å²) in [6, 6.07) is 0.903. The van der Waals surface area contributed by atoms with Crippen LogP contribution in [0.25, 0.3) is 0 Å². The Morgan fingerprint density at radius 2 is 2.33 bits per heavy atom. The fraction of sp³-hybridized carbons (Fsp3) is 0.800. The van der Waals surface area contributed by atoms with E-state index >= 15 is 0 Å². The van der Waals surface area contributed by atoms with Gasteiger partial charge in [-0.25, -0.2) is 0 Å². The SMILES string of the molecule is C1NC2C[C]1C2. The molecule has 1 saturated carbocycles. The molecule has 0 aromatic heterocycles. The second kappa shape index (κ2) is 0.784. The molecule has 1 heteroatoms. The molecule has 3 fully saturated rings. The lowest BCUT2D eigenvalue weighted by Gasteiger charge is -2.19. The molecule has 2 bridgehead atoms. The average Bonchev–Trinajstić information content (AvgIpc) is 1.72. The maximum absolute atomic E-state index is 3.36. The van der Waals surface area contributed by atoms with Crippen LogP contribution in [0.5, 0.6) is 0 Å². The largest absolute Gasteiger partial charge is 0.313 e. The summed E-state index contributed by atoms with van der Waals surface area (Å²) < 4.78 is 0. The summed E-state index contributed by atoms with van der Waals surface area (Å²) in [5.74, 6) is 1.74. The summed E-state index contributed by atoms with van der Waals surface area (Å²) in [5, 5.41) is 3.36. The van der Waals surface area contributed by atoms with E-state index in [9.17, 15) is 0 Å². The second-order valence-electron chi connectivity index (χ2n) is 2.24. The van der Waals surface area contributed by atoms with Gasteiger partial charge in [0.05, 0.1) is 0 Å². The molecule has 2 saturated heterocycles. The van der Waals surface area contributed by atoms with Gasteiger partial charge in [0.1, 0.15) is 0 Å². The highest BCUT2D eigenvalue weighted by atomic mass is 15.0. The highest BCUT2D eigenvalue weighted by Gasteiger charge is 2.35. The predicted octanol–water partition coefficient (Wildman–Crippen LogP) is 0.326. The first-order valence-electron chi connectivity index (χ1n) is 2.52. The third kappa shape index (κ3) is 0.207. The van der Waals surface area contributed by atoms with Crippen LogP contribution in [0, 0.1) is 5.92 Å². The lowest BCUT2D eigenvalue weighted by molar-refractivity contribution is 0.523. The number of fused-ring (bicyclic) bond motifs is 1. The quantitative estimate of drug-likeness (QED) is 0.444. The predicted molar refractivity (Wildman–Crippen MR) is 24.3 cm³/mol. The van der Waals surface area contributed by atoms with Crippen molar-refractivity contribution in [3.63, 3.8) is 0 Å². The zero-order valence-corrected chi connectivity index (χ0v) is 3.70. The normalized spacial score (nSPS) is 34.0. The maximum atomic E-state index is 3.36. The van der Waals surface area contributed by atoms with Gasteiger partial charge in [-0.3, -0.25) is 0 Å². The van der Waals surface area contributed by atoms with Gasteiger partial charge in [0.25, 0.3) is 0 Å². The number of nitrogens with one attached hydrogen (secondary N) is 1. The zero-order valence-electron chi connectivity index (χ0n) is 3.70. The third-order valence-electron chi connectivity index (χ3n) is 1.71. The Bertz CT molecular complexity index is 50.8. The van der Waals surface area contributed by atoms with Gasteiger partial charge in [0, 0.05) is 12.6 Å². The molecule has 1 aliphatic carbocycles. The first-order chi connectivity index (χ1) is 2.95. The molecule has 0 unspecified atom stereocenters. The summed E-state index contributed by atoms with van der Waals surface area (Å²) in [6.07, 6.45) is 2.78. The zero-order chi connectivity index (χ0) is 3.98. The van der Waals surface area contributed by atoms with E-state index < -0.39 is 0 Å². The van der Waals surface area contributed by atoms with Crippen LogP contribution in [-0.2, 0) is 0 Å². The molecule has 2 aliphatic heterocycles. The van der Waals surface area contributed by atoms with Gasteiger partial charge in [0.15, 0.2) is 0 Å². The van der Waals surface area contributed by atoms with E-state index in [0.29, 0.717) is 0 Å². The van der Waals surface area contributed by atoms with E-state index in [1.165, 1.54) is 19.4 Å². The van der Waals surface area contributed by atoms with Gasteiger partial charge < -0.3 is 5.32 Å². The van der Waals surface area contributed by atoms with Crippen LogP contribution in [0.1, 0.15) is 12.8 Å². The van der Waals surface area contributed by atoms with E-state index in [2.05, 4.69) is 5.32 Å². The van der Waals surface area contributed by atoms with Crippen LogP contribution < -0.4 is 5.32 Å². The molecule has 1 N–H and O–H groups in total. The maximum Gasteiger partial charge on any atom is 0.00792 e. The molecule has 0 aromatic carbocycles. The van der Waals surface area contributed by atoms with E-state index in [-0.39, 0.29) is 0 Å². The van der Waals surface area contributed by atoms with E-state index in [1.807, 2.05) is 0 Å². The van der Waals surface area contributed by atoms with Crippen molar-refractivity contribution in [1.82, 2.24) is 5.32 Å². The first kappa shape index (κ1) is 3.03. The molecule has 33 valence electrons. The summed E-state index contributed by atoms with van der Waals surface area (Å²) in [5.41, 5.74) is 0. The molecule has 3 aliphatic rings. The Hall–Kier alpha value is -0.0400. The van der Waals surface area contributed by atoms with Crippen molar-refractivity contribution in [2.45, 2.75) is 18.9 Å². The molecule has 0 aromatic rings. The summed E-state index contributed by atoms with van der Waals surface area (Å²) in [4.78, 5) is 0. The minimum atomic E-state index is 0.903. The molecule has 2 heterocycles. The minimum absolute atomic E-state index is 0.903. The van der Waals surface area contributed by atoms with E-state index in [1.54, 1.807) is 5.92 Å². The summed E-state index contributed by atoms with van der Waals surface area (Å²) >= 11 is 0. The number of hydrogen-bond acceptors (Lipinski definition) is 1. The Kier molecular flexibility index (Phi) is 0.396. The van der Waals surface area contributed by atoms with Crippen LogP contribution >= 0.6 is 0 Å². The molecule has 0 spiro atoms. The molecule has 1 nitrogen and oxygen atoms in total. The molecule has 6 heavy (non-hydrogen) atoms. The van der Waals surface area contributed by atoms with Gasteiger partial charge in [-0.15, -0.1) is 0 Å². The van der Waals surface area contributed by atoms with Crippen molar-refractivity contribution < 1.29 is 0 Å². The Balaban J connectivity index is 2.16. The van der Waals surface area contributed by atoms with Crippen LogP contribution in [0.2, 0.25) is 0 Å². The standard InChI is InChI=1S/C5H8N/c1-4-2-5(1)6-3-4/h5-6H,1-3H2. The topological polar surface area (TPSA) is 12.0 Å². The monoisotopic (exact) mass is 82.1 g/mol. The van der Waals surface area contributed by atoms with Gasteiger partial charge in [0.2, 0.25) is 0 Å². The molecule has 3 rings (SSSR count). The van der Waals surface area contributed by atoms with Crippen molar-refractivity contribution >= 4 is 0 Å². The molecular formula is C5H8N. The third-order valence-corrected chi connectivity index (χ3v) is 1.71. The Labute approximate surface area is 37.7 Å². The fourth-order valence-electron chi connectivity index (χ4n) is 1.21. The minimum Gasteiger partial charge on any atom is -0.313 e. The molecule has 0 amide bonds. The summed E-state index contributed by atoms with van der Waals surface area (Å²) in [6.45, 7) is 1.23. The lowest BCUT2D eigenvalue weighted by atomic mass is 9.87. The van der Waals surface area contributed by atoms with Gasteiger partial charge >= 0.3 is 0 Å². The number of hydrogen-bond donors (Lipinski definition) is 1. The van der Waals surface area contributed by atoms with Crippen LogP contribution in [0.4, 0.5) is 0 Å². The van der Waals surface area contributed by atoms with Crippen LogP contribution in [0.15, 0.2) is 0 Å². The molecule has 0 atom stereocenters. The summed E-state index contributed by atoms with van der Waals surface area (Å²) in [7, 11) is 0. The van der Waals surface area contributed by atoms with Gasteiger partial charge in [-0.05, 0) is 18.8 Å². The molecular weight excluding hydrogens is 74.1 g/mol. The molecule has 1 radical (unpaired) electrons. The van der Waals surface area contributed by atoms with Crippen LogP contribution in [-0.4, -0.2) is 12.6 Å². The van der Waals surface area contributed by atoms with Crippen LogP contribution in [0.3, 0.4) is 0 Å². The van der Waals surface area contributed by atoms with E-state index in [4.69, 9.17) is 0 Å². The Morgan fingerprint density at radius 1 is 1.50 bits per heavy atom. The second-order valence-corrected chi connectivity index (χ2v) is 2.24. The van der Waals surface area contributed by atoms with Crippen molar-refractivity contribution in [3.8, 4) is 0 Å². The van der Waals surface area contributed by atoms with Crippen molar-refractivity contribution in [3.05, 3.63) is 5.92 Å². The highest BCUT2D eigenvalue weighted by Crippen LogP contribution is 2.34. The average molecular weight is 82.1 g/mol. The fourth-order valence-corrected chi connectivity index (χ4v) is 1.21. The Morgan fingerprint density at radius 3 is 2.50 bits per heavy atom. The van der Waals surface area contributed by atoms with Gasteiger partial charge in [-0.1, -0.05) is 0 Å². The smallest absolute Gasteiger partial charge is 0.00792 e. The van der Waals surface area contributed by atoms with Gasteiger partial charge in [-0.2, -0.15) is 0 Å². The first-order valence-corrected chi connectivity index (χ1v) is 2.52. The van der Waals surface area contributed by atoms with E-state index in [0.717, 1.165) is 6.04 Å². The van der Waals surface area contributed by atoms with Crippen molar-refractivity contribution in [1.29, 1.82) is 0 Å². The number of rotatable bonds is 0.